The van der Waals surface area contributed by atoms with E-state index in [0.717, 1.165) is 43.7 Å². The second kappa shape index (κ2) is 28.5. The van der Waals surface area contributed by atoms with Crippen molar-refractivity contribution >= 4 is 47.5 Å². The molecule has 2 fully saturated rings. The number of carbonyl (C=O) groups excluding carboxylic acids is 8. The molecule has 1 aliphatic heterocycles. The number of hydrogen-bond acceptors (Lipinski definition) is 14. The quantitative estimate of drug-likeness (QED) is 0.123. The molecule has 1 aliphatic carbocycles. The first kappa shape index (κ1) is 63.2. The van der Waals surface area contributed by atoms with Crippen molar-refractivity contribution in [3.05, 3.63) is 88.7 Å². The minimum Gasteiger partial charge on any atom is -0.451 e. The molecule has 2 aromatic carbocycles. The maximum atomic E-state index is 15.0. The Kier molecular flexibility index (Phi) is 22.8. The molecular weight excluding hydrogens is 1010 g/mol. The number of nitrogens with zero attached hydrogens (tertiary/aromatic N) is 6. The lowest BCUT2D eigenvalue weighted by atomic mass is 9.99. The van der Waals surface area contributed by atoms with E-state index in [4.69, 9.17) is 18.9 Å². The first-order valence-electron chi connectivity index (χ1n) is 27.9. The van der Waals surface area contributed by atoms with Gasteiger partial charge >= 0.3 is 23.9 Å². The number of esters is 4. The summed E-state index contributed by atoms with van der Waals surface area (Å²) in [6.07, 6.45) is -3.79. The van der Waals surface area contributed by atoms with Gasteiger partial charge < -0.3 is 43.7 Å². The summed E-state index contributed by atoms with van der Waals surface area (Å²) in [7, 11) is 5.56. The highest BCUT2D eigenvalue weighted by Crippen LogP contribution is 2.40. The van der Waals surface area contributed by atoms with Crippen molar-refractivity contribution < 1.29 is 62.4 Å². The number of hydrogen-bond donors (Lipinski definition) is 1. The predicted octanol–water partition coefficient (Wildman–Crippen LogP) is 6.28. The molecule has 2 heterocycles. The third kappa shape index (κ3) is 17.4. The summed E-state index contributed by atoms with van der Waals surface area (Å²) in [6.45, 7) is 17.8. The standard InChI is InChI=1S/C60H86N6O13/c1-35(2)26-47-57(72)76-40(10)54(69)63(12)50(29-38(7)8)60(75)79-52(31-42-20-22-43(23-21-42)33-66-46(44-24-25-44)32-45(34-67)61-66)56(71)65(14)48(27-36(3)4)58(73)77-39(9)53(68)62(11)49(28-37(5)6)59(74)78-51(55(70)64(47)13)30-41-18-16-15-17-19-41/h15-23,32,35-40,44,47-52,67H,24-31,33-34H2,1-14H3/t39-,40-,47+,48+,49+,50+,51-,52-/m1/s1. The number of rotatable bonds is 16. The van der Waals surface area contributed by atoms with E-state index in [1.807, 2.05) is 78.3 Å². The van der Waals surface area contributed by atoms with Gasteiger partial charge in [-0.05, 0) is 98.8 Å². The number of aliphatic hydroxyl groups excluding tert-OH is 1. The number of ether oxygens (including phenoxy) is 4. The molecule has 3 aromatic rings. The Morgan fingerprint density at radius 2 is 0.835 bits per heavy atom. The first-order valence-corrected chi connectivity index (χ1v) is 27.9. The summed E-state index contributed by atoms with van der Waals surface area (Å²) in [4.78, 5) is 121. The topological polar surface area (TPSA) is 224 Å². The number of amides is 4. The van der Waals surface area contributed by atoms with Crippen molar-refractivity contribution in [3.63, 3.8) is 0 Å². The maximum absolute atomic E-state index is 15.0. The lowest BCUT2D eigenvalue weighted by Gasteiger charge is -2.35. The monoisotopic (exact) mass is 1100 g/mol. The van der Waals surface area contributed by atoms with Crippen LogP contribution in [0.1, 0.15) is 142 Å². The molecule has 19 heteroatoms. The van der Waals surface area contributed by atoms with Gasteiger partial charge in [-0.15, -0.1) is 0 Å². The minimum atomic E-state index is -1.55. The number of benzene rings is 2. The lowest BCUT2D eigenvalue weighted by molar-refractivity contribution is -0.176. The molecule has 2 aliphatic rings. The van der Waals surface area contributed by atoms with Crippen LogP contribution in [-0.4, -0.2) is 159 Å². The van der Waals surface area contributed by atoms with Crippen LogP contribution in [0.4, 0.5) is 0 Å². The predicted molar refractivity (Wildman–Crippen MR) is 294 cm³/mol. The van der Waals surface area contributed by atoms with Crippen LogP contribution in [0.2, 0.25) is 0 Å². The molecule has 434 valence electrons. The van der Waals surface area contributed by atoms with Crippen LogP contribution in [-0.2, 0) is 83.3 Å². The summed E-state index contributed by atoms with van der Waals surface area (Å²) >= 11 is 0. The molecule has 1 saturated heterocycles. The Morgan fingerprint density at radius 3 is 1.19 bits per heavy atom. The van der Waals surface area contributed by atoms with Gasteiger partial charge in [0, 0.05) is 52.6 Å². The van der Waals surface area contributed by atoms with Gasteiger partial charge in [0.1, 0.15) is 24.2 Å². The average molecular weight is 1100 g/mol. The summed E-state index contributed by atoms with van der Waals surface area (Å²) in [6, 6.07) is 13.0. The minimum absolute atomic E-state index is 0.0802. The summed E-state index contributed by atoms with van der Waals surface area (Å²) < 4.78 is 26.0. The van der Waals surface area contributed by atoms with E-state index in [1.54, 1.807) is 42.5 Å². The van der Waals surface area contributed by atoms with Gasteiger partial charge in [0.25, 0.3) is 23.6 Å². The number of cyclic esters (lactones) is 4. The van der Waals surface area contributed by atoms with Gasteiger partial charge in [0.05, 0.1) is 18.8 Å². The zero-order valence-electron chi connectivity index (χ0n) is 48.9. The van der Waals surface area contributed by atoms with Crippen LogP contribution < -0.4 is 0 Å². The van der Waals surface area contributed by atoms with Crippen LogP contribution >= 0.6 is 0 Å². The highest BCUT2D eigenvalue weighted by molar-refractivity contribution is 5.94. The number of aliphatic hydroxyl groups is 1. The molecule has 0 unspecified atom stereocenters. The van der Waals surface area contributed by atoms with Gasteiger partial charge in [0.2, 0.25) is 0 Å². The van der Waals surface area contributed by atoms with Gasteiger partial charge in [-0.2, -0.15) is 5.10 Å². The van der Waals surface area contributed by atoms with E-state index in [2.05, 4.69) is 5.10 Å². The van der Waals surface area contributed by atoms with Crippen LogP contribution in [0.5, 0.6) is 0 Å². The van der Waals surface area contributed by atoms with Crippen LogP contribution in [0.25, 0.3) is 0 Å². The Bertz CT molecular complexity index is 2560. The smallest absolute Gasteiger partial charge is 0.329 e. The van der Waals surface area contributed by atoms with Crippen molar-refractivity contribution in [2.75, 3.05) is 28.2 Å². The highest BCUT2D eigenvalue weighted by Gasteiger charge is 2.43. The van der Waals surface area contributed by atoms with Crippen molar-refractivity contribution in [2.45, 2.75) is 188 Å². The zero-order valence-corrected chi connectivity index (χ0v) is 48.9. The van der Waals surface area contributed by atoms with E-state index in [0.29, 0.717) is 29.3 Å². The molecule has 4 amide bonds. The number of aromatic nitrogens is 2. The largest absolute Gasteiger partial charge is 0.451 e. The molecule has 1 saturated carbocycles. The fraction of sp³-hybridized carbons (Fsp3) is 0.617. The Labute approximate surface area is 466 Å². The fourth-order valence-electron chi connectivity index (χ4n) is 9.88. The molecule has 0 bridgehead atoms. The molecule has 5 rings (SSSR count). The third-order valence-electron chi connectivity index (χ3n) is 14.5. The zero-order chi connectivity index (χ0) is 58.6. The summed E-state index contributed by atoms with van der Waals surface area (Å²) in [5.41, 5.74) is 3.77. The van der Waals surface area contributed by atoms with E-state index in [9.17, 15) is 38.7 Å². The van der Waals surface area contributed by atoms with Crippen molar-refractivity contribution in [1.29, 1.82) is 0 Å². The first-order chi connectivity index (χ1) is 37.2. The molecule has 79 heavy (non-hydrogen) atoms. The average Bonchev–Trinajstić information content (AvgIpc) is 4.20. The molecule has 1 aromatic heterocycles. The van der Waals surface area contributed by atoms with Crippen LogP contribution in [0, 0.1) is 23.7 Å². The van der Waals surface area contributed by atoms with E-state index >= 15 is 4.79 Å². The van der Waals surface area contributed by atoms with Crippen molar-refractivity contribution in [2.24, 2.45) is 23.7 Å². The number of carbonyl (C=O) groups is 8. The van der Waals surface area contributed by atoms with Crippen LogP contribution in [0.3, 0.4) is 0 Å². The second-order valence-electron chi connectivity index (χ2n) is 23.2. The second-order valence-corrected chi connectivity index (χ2v) is 23.2. The lowest BCUT2D eigenvalue weighted by Crippen LogP contribution is -2.55. The van der Waals surface area contributed by atoms with E-state index < -0.39 is 96.1 Å². The molecule has 0 spiro atoms. The molecule has 19 nitrogen and oxygen atoms in total. The van der Waals surface area contributed by atoms with Crippen molar-refractivity contribution in [1.82, 2.24) is 29.4 Å². The normalized spacial score (nSPS) is 24.3. The van der Waals surface area contributed by atoms with Gasteiger partial charge in [0.15, 0.2) is 24.4 Å². The van der Waals surface area contributed by atoms with Crippen LogP contribution in [0.15, 0.2) is 60.7 Å². The Balaban J connectivity index is 1.58. The summed E-state index contributed by atoms with van der Waals surface area (Å²) in [5.74, 6) is -7.00. The maximum Gasteiger partial charge on any atom is 0.329 e. The van der Waals surface area contributed by atoms with Gasteiger partial charge in [-0.1, -0.05) is 110 Å². The third-order valence-corrected chi connectivity index (χ3v) is 14.5. The molecular formula is C60H86N6O13. The number of likely N-dealkylation sites (N-methyl/N-ethyl adjacent to an activating group) is 4. The van der Waals surface area contributed by atoms with Gasteiger partial charge in [-0.25, -0.2) is 19.2 Å². The molecule has 1 N–H and O–H groups in total. The Morgan fingerprint density at radius 1 is 0.494 bits per heavy atom. The fourth-order valence-corrected chi connectivity index (χ4v) is 9.88. The van der Waals surface area contributed by atoms with Crippen molar-refractivity contribution in [3.8, 4) is 0 Å². The van der Waals surface area contributed by atoms with Gasteiger partial charge in [-0.3, -0.25) is 23.9 Å². The SMILES string of the molecule is CC(C)C[C@H]1C(=O)O[C@H](Cc2ccc(Cn3nc(CO)cc3C3CC3)cc2)C(=O)N(C)[C@@H](CC(C)C)C(=O)O[C@H](C)C(=O)N(C)[C@@H](CC(C)C)C(=O)O[C@H](Cc2ccccc2)C(=O)N(C)[C@@H](CC(C)C)C(=O)O[C@H](C)C(=O)N1C. The highest BCUT2D eigenvalue weighted by atomic mass is 16.6. The Hall–Kier alpha value is -6.63. The molecule has 8 atom stereocenters. The van der Waals surface area contributed by atoms with E-state index in [1.165, 1.54) is 42.0 Å². The molecule has 0 radical (unpaired) electrons. The van der Waals surface area contributed by atoms with E-state index in [-0.39, 0.29) is 68.8 Å². The summed E-state index contributed by atoms with van der Waals surface area (Å²) in [5, 5.41) is 14.4.